The molecule has 4 aromatic rings. The summed E-state index contributed by atoms with van der Waals surface area (Å²) in [5, 5.41) is 7.60. The van der Waals surface area contributed by atoms with Crippen molar-refractivity contribution in [1.82, 2.24) is 14.7 Å². The second kappa shape index (κ2) is 8.77. The van der Waals surface area contributed by atoms with E-state index in [0.29, 0.717) is 33.4 Å². The Hall–Kier alpha value is -3.39. The zero-order valence-corrected chi connectivity index (χ0v) is 18.3. The van der Waals surface area contributed by atoms with Gasteiger partial charge in [0.25, 0.3) is 5.56 Å². The number of anilines is 1. The first-order valence-corrected chi connectivity index (χ1v) is 10.9. The molecule has 0 saturated heterocycles. The van der Waals surface area contributed by atoms with Gasteiger partial charge in [-0.05, 0) is 44.0 Å². The number of amides is 1. The number of aromatic nitrogens is 3. The van der Waals surface area contributed by atoms with Crippen LogP contribution in [0.5, 0.6) is 0 Å². The molecule has 8 heteroatoms. The number of carbonyl (C=O) groups excluding carboxylic acids is 1. The number of benzene rings is 2. The van der Waals surface area contributed by atoms with Crippen LogP contribution < -0.4 is 10.9 Å². The third-order valence-corrected chi connectivity index (χ3v) is 5.80. The van der Waals surface area contributed by atoms with Crippen LogP contribution in [0.2, 0.25) is 0 Å². The summed E-state index contributed by atoms with van der Waals surface area (Å²) in [6, 6.07) is 14.9. The molecule has 0 aliphatic heterocycles. The Morgan fingerprint density at radius 3 is 2.55 bits per heavy atom. The number of nitrogens with one attached hydrogen (secondary N) is 1. The summed E-state index contributed by atoms with van der Waals surface area (Å²) in [4.78, 5) is 30.4. The van der Waals surface area contributed by atoms with E-state index in [0.717, 1.165) is 16.8 Å². The van der Waals surface area contributed by atoms with Crippen molar-refractivity contribution in [1.29, 1.82) is 0 Å². The van der Waals surface area contributed by atoms with Crippen LogP contribution in [-0.2, 0) is 4.79 Å². The van der Waals surface area contributed by atoms with E-state index in [-0.39, 0.29) is 17.9 Å². The van der Waals surface area contributed by atoms with Crippen molar-refractivity contribution in [2.24, 2.45) is 0 Å². The van der Waals surface area contributed by atoms with E-state index in [2.05, 4.69) is 10.5 Å². The van der Waals surface area contributed by atoms with Crippen LogP contribution in [0.1, 0.15) is 23.3 Å². The summed E-state index contributed by atoms with van der Waals surface area (Å²) in [5.74, 6) is 1.30. The molecule has 158 valence electrons. The summed E-state index contributed by atoms with van der Waals surface area (Å²) in [6.07, 6.45) is 0.242. The molecule has 0 saturated carbocycles. The fourth-order valence-corrected chi connectivity index (χ4v) is 4.37. The van der Waals surface area contributed by atoms with Gasteiger partial charge in [-0.3, -0.25) is 14.2 Å². The molecule has 4 rings (SSSR count). The molecule has 7 nitrogen and oxygen atoms in total. The van der Waals surface area contributed by atoms with Crippen molar-refractivity contribution >= 4 is 34.4 Å². The highest BCUT2D eigenvalue weighted by molar-refractivity contribution is 7.99. The molecule has 0 bridgehead atoms. The summed E-state index contributed by atoms with van der Waals surface area (Å²) < 4.78 is 6.63. The van der Waals surface area contributed by atoms with Gasteiger partial charge in [-0.1, -0.05) is 47.3 Å². The second-order valence-electron chi connectivity index (χ2n) is 7.26. The topological polar surface area (TPSA) is 90.0 Å². The first-order chi connectivity index (χ1) is 14.9. The summed E-state index contributed by atoms with van der Waals surface area (Å²) in [5.41, 5.74) is 3.32. The number of aryl methyl sites for hydroxylation is 3. The summed E-state index contributed by atoms with van der Waals surface area (Å²) >= 11 is 1.38. The summed E-state index contributed by atoms with van der Waals surface area (Å²) in [7, 11) is 0. The van der Waals surface area contributed by atoms with Gasteiger partial charge >= 0.3 is 0 Å². The highest BCUT2D eigenvalue weighted by Gasteiger charge is 2.17. The van der Waals surface area contributed by atoms with Gasteiger partial charge in [-0.25, -0.2) is 4.98 Å². The number of hydrogen-bond acceptors (Lipinski definition) is 6. The lowest BCUT2D eigenvalue weighted by molar-refractivity contribution is -0.115. The van der Waals surface area contributed by atoms with Crippen molar-refractivity contribution in [3.63, 3.8) is 0 Å². The van der Waals surface area contributed by atoms with Gasteiger partial charge in [0.2, 0.25) is 5.91 Å². The first-order valence-electron chi connectivity index (χ1n) is 9.88. The fourth-order valence-electron chi connectivity index (χ4n) is 3.43. The zero-order valence-electron chi connectivity index (χ0n) is 17.5. The molecule has 1 amide bonds. The number of fused-ring (bicyclic) bond motifs is 1. The Labute approximate surface area is 183 Å². The fraction of sp³-hybridized carbons (Fsp3) is 0.217. The van der Waals surface area contributed by atoms with Gasteiger partial charge in [0.15, 0.2) is 11.0 Å². The van der Waals surface area contributed by atoms with Crippen molar-refractivity contribution in [3.05, 3.63) is 75.8 Å². The largest absolute Gasteiger partial charge is 0.360 e. The van der Waals surface area contributed by atoms with Crippen molar-refractivity contribution in [2.75, 3.05) is 11.1 Å². The smallest absolute Gasteiger partial charge is 0.266 e. The van der Waals surface area contributed by atoms with Crippen molar-refractivity contribution in [2.45, 2.75) is 32.3 Å². The van der Waals surface area contributed by atoms with E-state index in [1.54, 1.807) is 23.6 Å². The normalized spacial score (nSPS) is 11.1. The van der Waals surface area contributed by atoms with E-state index in [4.69, 9.17) is 9.51 Å². The van der Waals surface area contributed by atoms with Crippen LogP contribution in [0.4, 0.5) is 5.82 Å². The molecular formula is C23H22N4O3S. The number of thioether (sulfide) groups is 1. The maximum absolute atomic E-state index is 13.4. The molecule has 0 fully saturated rings. The highest BCUT2D eigenvalue weighted by Crippen LogP contribution is 2.25. The molecule has 0 aliphatic carbocycles. The molecular weight excluding hydrogens is 412 g/mol. The molecule has 0 unspecified atom stereocenters. The lowest BCUT2D eigenvalue weighted by atomic mass is 10.1. The van der Waals surface area contributed by atoms with Gasteiger partial charge in [-0.2, -0.15) is 0 Å². The van der Waals surface area contributed by atoms with Crippen LogP contribution in [0.3, 0.4) is 0 Å². The highest BCUT2D eigenvalue weighted by atomic mass is 32.2. The van der Waals surface area contributed by atoms with Crippen molar-refractivity contribution < 1.29 is 9.32 Å². The number of nitrogens with zero attached hydrogens (tertiary/aromatic N) is 3. The zero-order chi connectivity index (χ0) is 22.0. The minimum atomic E-state index is -0.178. The Kier molecular flexibility index (Phi) is 5.90. The molecule has 31 heavy (non-hydrogen) atoms. The first kappa shape index (κ1) is 20.9. The lowest BCUT2D eigenvalue weighted by Crippen LogP contribution is -2.23. The summed E-state index contributed by atoms with van der Waals surface area (Å²) in [6.45, 7) is 5.72. The van der Waals surface area contributed by atoms with Gasteiger partial charge in [0.05, 0.1) is 16.6 Å². The van der Waals surface area contributed by atoms with E-state index in [1.165, 1.54) is 11.8 Å². The van der Waals surface area contributed by atoms with Crippen LogP contribution in [0.15, 0.2) is 63.0 Å². The van der Waals surface area contributed by atoms with E-state index in [1.807, 2.05) is 50.2 Å². The SMILES string of the molecule is Cc1cc(NC(=O)CCSc2nc3ccccc3c(=O)n2-c2c(C)cccc2C)no1. The molecule has 0 radical (unpaired) electrons. The molecule has 0 atom stereocenters. The van der Waals surface area contributed by atoms with E-state index in [9.17, 15) is 9.59 Å². The predicted octanol–water partition coefficient (Wildman–Crippen LogP) is 4.42. The molecule has 2 heterocycles. The van der Waals surface area contributed by atoms with Crippen molar-refractivity contribution in [3.8, 4) is 5.69 Å². The molecule has 0 aliphatic rings. The maximum Gasteiger partial charge on any atom is 0.266 e. The minimum absolute atomic E-state index is 0.118. The monoisotopic (exact) mass is 434 g/mol. The average molecular weight is 435 g/mol. The third kappa shape index (κ3) is 4.39. The van der Waals surface area contributed by atoms with Crippen LogP contribution in [0.25, 0.3) is 16.6 Å². The van der Waals surface area contributed by atoms with Gasteiger partial charge in [0.1, 0.15) is 5.76 Å². The van der Waals surface area contributed by atoms with E-state index < -0.39 is 0 Å². The Morgan fingerprint density at radius 2 is 1.84 bits per heavy atom. The minimum Gasteiger partial charge on any atom is -0.360 e. The maximum atomic E-state index is 13.4. The average Bonchev–Trinajstić information content (AvgIpc) is 3.14. The van der Waals surface area contributed by atoms with E-state index >= 15 is 0 Å². The Balaban J connectivity index is 1.65. The Morgan fingerprint density at radius 1 is 1.10 bits per heavy atom. The predicted molar refractivity (Wildman–Crippen MR) is 122 cm³/mol. The number of para-hydroxylation sites is 2. The number of rotatable bonds is 6. The standard InChI is InChI=1S/C23H22N4O3S/c1-14-7-6-8-15(2)21(14)27-22(29)17-9-4-5-10-18(17)24-23(27)31-12-11-20(28)25-19-13-16(3)30-26-19/h4-10,13H,11-12H2,1-3H3,(H,25,26,28). The second-order valence-corrected chi connectivity index (χ2v) is 8.32. The molecule has 2 aromatic carbocycles. The lowest BCUT2D eigenvalue weighted by Gasteiger charge is -2.17. The van der Waals surface area contributed by atoms with Gasteiger partial charge in [0, 0.05) is 18.2 Å². The van der Waals surface area contributed by atoms with Crippen LogP contribution in [0, 0.1) is 20.8 Å². The van der Waals surface area contributed by atoms with Crippen LogP contribution in [-0.4, -0.2) is 26.4 Å². The quantitative estimate of drug-likeness (QED) is 0.357. The van der Waals surface area contributed by atoms with Crippen LogP contribution >= 0.6 is 11.8 Å². The molecule has 0 spiro atoms. The third-order valence-electron chi connectivity index (χ3n) is 4.86. The van der Waals surface area contributed by atoms with Gasteiger partial charge < -0.3 is 9.84 Å². The number of hydrogen-bond donors (Lipinski definition) is 1. The molecule has 1 N–H and O–H groups in total. The molecule has 2 aromatic heterocycles. The Bertz CT molecular complexity index is 1310. The van der Waals surface area contributed by atoms with Gasteiger partial charge in [-0.15, -0.1) is 0 Å². The number of carbonyl (C=O) groups is 1.